The Kier molecular flexibility index (Phi) is 6.37. The van der Waals surface area contributed by atoms with Crippen LogP contribution in [-0.4, -0.2) is 40.5 Å². The number of likely N-dealkylation sites (tertiary alicyclic amines) is 1. The van der Waals surface area contributed by atoms with Crippen molar-refractivity contribution in [3.8, 4) is 0 Å². The number of benzene rings is 2. The highest BCUT2D eigenvalue weighted by Crippen LogP contribution is 2.59. The van der Waals surface area contributed by atoms with Crippen molar-refractivity contribution in [2.24, 2.45) is 5.41 Å². The number of aryl methyl sites for hydroxylation is 1. The summed E-state index contributed by atoms with van der Waals surface area (Å²) in [6.45, 7) is 1.67. The molecule has 4 aliphatic rings. The van der Waals surface area contributed by atoms with Crippen molar-refractivity contribution in [1.29, 1.82) is 0 Å². The molecule has 1 aliphatic heterocycles. The number of carbonyl (C=O) groups excluding carboxylic acids is 1. The van der Waals surface area contributed by atoms with Gasteiger partial charge in [0.2, 0.25) is 0 Å². The second-order valence-electron chi connectivity index (χ2n) is 12.0. The molecule has 1 heterocycles. The van der Waals surface area contributed by atoms with Gasteiger partial charge in [-0.05, 0) is 79.0 Å². The fraction of sp³-hybridized carbons (Fsp3) is 0.424. The molecule has 6 rings (SSSR count). The highest BCUT2D eigenvalue weighted by molar-refractivity contribution is 5.96. The summed E-state index contributed by atoms with van der Waals surface area (Å²) in [5.41, 5.74) is 4.80. The normalized spacial score (nSPS) is 29.3. The third kappa shape index (κ3) is 4.67. The molecule has 1 saturated carbocycles. The summed E-state index contributed by atoms with van der Waals surface area (Å²) in [6.07, 6.45) is 10.4. The first-order valence-corrected chi connectivity index (χ1v) is 13.9. The molecule has 2 aromatic rings. The predicted molar refractivity (Wildman–Crippen MR) is 145 cm³/mol. The zero-order chi connectivity index (χ0) is 27.4. The molecule has 0 radical (unpaired) electrons. The van der Waals surface area contributed by atoms with Crippen molar-refractivity contribution in [1.82, 2.24) is 4.90 Å². The summed E-state index contributed by atoms with van der Waals surface area (Å²) in [5, 5.41) is 12.0. The van der Waals surface area contributed by atoms with Crippen LogP contribution in [0.25, 0.3) is 0 Å². The number of nitrogens with zero attached hydrogens (tertiary/aromatic N) is 1. The zero-order valence-corrected chi connectivity index (χ0v) is 22.2. The Morgan fingerprint density at radius 1 is 1.08 bits per heavy atom. The van der Waals surface area contributed by atoms with E-state index < -0.39 is 23.5 Å². The van der Waals surface area contributed by atoms with E-state index in [-0.39, 0.29) is 30.6 Å². The van der Waals surface area contributed by atoms with Gasteiger partial charge >= 0.3 is 0 Å². The van der Waals surface area contributed by atoms with Gasteiger partial charge in [0.1, 0.15) is 5.82 Å². The largest absolute Gasteiger partial charge is 0.389 e. The Hall–Kier alpha value is -3.12. The third-order valence-corrected chi connectivity index (χ3v) is 9.63. The first-order valence-electron chi connectivity index (χ1n) is 13.9. The summed E-state index contributed by atoms with van der Waals surface area (Å²) in [7, 11) is 0. The molecule has 3 aliphatic carbocycles. The lowest BCUT2D eigenvalue weighted by Crippen LogP contribution is -2.44. The van der Waals surface area contributed by atoms with Crippen molar-refractivity contribution in [3.63, 3.8) is 0 Å². The zero-order valence-electron chi connectivity index (χ0n) is 22.2. The third-order valence-electron chi connectivity index (χ3n) is 9.63. The molecule has 2 fully saturated rings. The smallest absolute Gasteiger partial charge is 0.267 e. The first-order chi connectivity index (χ1) is 18.6. The van der Waals surface area contributed by atoms with Gasteiger partial charge in [-0.2, -0.15) is 0 Å². The Bertz CT molecular complexity index is 1390. The molecule has 1 amide bonds. The molecule has 2 aromatic carbocycles. The van der Waals surface area contributed by atoms with Crippen molar-refractivity contribution in [2.45, 2.75) is 69.3 Å². The summed E-state index contributed by atoms with van der Waals surface area (Å²) in [5.74, 6) is -3.22. The van der Waals surface area contributed by atoms with E-state index in [9.17, 15) is 23.1 Å². The topological polar surface area (TPSA) is 40.5 Å². The maximum absolute atomic E-state index is 13.8. The molecular weight excluding hydrogens is 499 g/mol. The lowest BCUT2D eigenvalue weighted by Gasteiger charge is -2.44. The molecule has 3 nitrogen and oxygen atoms in total. The van der Waals surface area contributed by atoms with Crippen LogP contribution >= 0.6 is 0 Å². The number of allylic oxidation sites excluding steroid dienone is 5. The van der Waals surface area contributed by atoms with Gasteiger partial charge in [0.15, 0.2) is 0 Å². The standard InChI is InChI=1S/C33H34F3NO2/c1-31-20-25-7-6-24(22-8-10-28(34)11-9-22)18-26(25)19-27(31)13-15-32(31,39)14-12-23-4-2-3-5-29(23)30(38)37-17-16-33(35,36)21-37/h2-11,19,24,39H,12-18,20-21H2,1H3. The number of halogens is 3. The van der Waals surface area contributed by atoms with E-state index in [1.807, 2.05) is 24.3 Å². The van der Waals surface area contributed by atoms with E-state index in [2.05, 4.69) is 25.2 Å². The molecule has 3 unspecified atom stereocenters. The molecule has 1 N–H and O–H groups in total. The van der Waals surface area contributed by atoms with Crippen LogP contribution in [0.3, 0.4) is 0 Å². The quantitative estimate of drug-likeness (QED) is 0.444. The van der Waals surface area contributed by atoms with Gasteiger partial charge in [0.25, 0.3) is 11.8 Å². The number of carbonyl (C=O) groups is 1. The highest BCUT2D eigenvalue weighted by Gasteiger charge is 2.54. The summed E-state index contributed by atoms with van der Waals surface area (Å²) >= 11 is 0. The van der Waals surface area contributed by atoms with Crippen LogP contribution in [-0.2, 0) is 6.42 Å². The van der Waals surface area contributed by atoms with Gasteiger partial charge in [-0.15, -0.1) is 0 Å². The number of hydrogen-bond donors (Lipinski definition) is 1. The van der Waals surface area contributed by atoms with Gasteiger partial charge in [-0.1, -0.05) is 61.1 Å². The van der Waals surface area contributed by atoms with Crippen molar-refractivity contribution in [3.05, 3.63) is 106 Å². The lowest BCUT2D eigenvalue weighted by atomic mass is 9.63. The van der Waals surface area contributed by atoms with Crippen LogP contribution in [0.1, 0.15) is 72.9 Å². The van der Waals surface area contributed by atoms with Crippen LogP contribution in [0, 0.1) is 11.2 Å². The van der Waals surface area contributed by atoms with E-state index in [0.717, 1.165) is 30.4 Å². The number of aliphatic hydroxyl groups is 1. The molecule has 1 saturated heterocycles. The molecule has 6 heteroatoms. The molecule has 0 aromatic heterocycles. The predicted octanol–water partition coefficient (Wildman–Crippen LogP) is 7.14. The van der Waals surface area contributed by atoms with E-state index in [1.165, 1.54) is 33.8 Å². The van der Waals surface area contributed by atoms with Gasteiger partial charge in [0.05, 0.1) is 12.1 Å². The van der Waals surface area contributed by atoms with Gasteiger partial charge in [0, 0.05) is 29.9 Å². The van der Waals surface area contributed by atoms with E-state index in [4.69, 9.17) is 0 Å². The summed E-state index contributed by atoms with van der Waals surface area (Å²) in [4.78, 5) is 14.4. The van der Waals surface area contributed by atoms with E-state index in [1.54, 1.807) is 12.1 Å². The van der Waals surface area contributed by atoms with Gasteiger partial charge < -0.3 is 10.0 Å². The molecule has 0 bridgehead atoms. The monoisotopic (exact) mass is 533 g/mol. The second-order valence-corrected chi connectivity index (χ2v) is 12.0. The molecule has 0 spiro atoms. The Balaban J connectivity index is 1.18. The highest BCUT2D eigenvalue weighted by atomic mass is 19.3. The average Bonchev–Trinajstić information content (AvgIpc) is 3.41. The molecule has 3 atom stereocenters. The number of amides is 1. The van der Waals surface area contributed by atoms with E-state index in [0.29, 0.717) is 24.8 Å². The molecule has 204 valence electrons. The Labute approximate surface area is 227 Å². The Morgan fingerprint density at radius 2 is 1.85 bits per heavy atom. The first kappa shape index (κ1) is 26.1. The fourth-order valence-corrected chi connectivity index (χ4v) is 7.10. The van der Waals surface area contributed by atoms with Crippen molar-refractivity contribution < 1.29 is 23.1 Å². The summed E-state index contributed by atoms with van der Waals surface area (Å²) in [6, 6.07) is 13.9. The minimum absolute atomic E-state index is 0.0588. The second kappa shape index (κ2) is 9.51. The SMILES string of the molecule is CC12CC3=C(C=C1CCC2(O)CCc1ccccc1C(=O)N1CCC(F)(F)C1)CC(c1ccc(F)cc1)C=C3. The fourth-order valence-electron chi connectivity index (χ4n) is 7.10. The van der Waals surface area contributed by atoms with Crippen LogP contribution in [0.5, 0.6) is 0 Å². The van der Waals surface area contributed by atoms with Gasteiger partial charge in [-0.3, -0.25) is 4.79 Å². The van der Waals surface area contributed by atoms with Crippen LogP contribution in [0.2, 0.25) is 0 Å². The number of rotatable bonds is 5. The minimum Gasteiger partial charge on any atom is -0.389 e. The lowest BCUT2D eigenvalue weighted by molar-refractivity contribution is -0.0463. The summed E-state index contributed by atoms with van der Waals surface area (Å²) < 4.78 is 40.9. The van der Waals surface area contributed by atoms with Gasteiger partial charge in [-0.25, -0.2) is 13.2 Å². The number of alkyl halides is 2. The maximum Gasteiger partial charge on any atom is 0.267 e. The minimum atomic E-state index is -2.83. The van der Waals surface area contributed by atoms with E-state index >= 15 is 0 Å². The number of fused-ring (bicyclic) bond motifs is 1. The average molecular weight is 534 g/mol. The van der Waals surface area contributed by atoms with Crippen LogP contribution < -0.4 is 0 Å². The Morgan fingerprint density at radius 3 is 2.59 bits per heavy atom. The van der Waals surface area contributed by atoms with Crippen molar-refractivity contribution in [2.75, 3.05) is 13.1 Å². The number of hydrogen-bond acceptors (Lipinski definition) is 2. The molecular formula is C33H34F3NO2. The van der Waals surface area contributed by atoms with Crippen molar-refractivity contribution >= 4 is 5.91 Å². The molecule has 39 heavy (non-hydrogen) atoms. The van der Waals surface area contributed by atoms with Crippen LogP contribution in [0.4, 0.5) is 13.2 Å². The van der Waals surface area contributed by atoms with Crippen LogP contribution in [0.15, 0.2) is 83.5 Å². The maximum atomic E-state index is 13.8.